The summed E-state index contributed by atoms with van der Waals surface area (Å²) in [5, 5.41) is 0.618. The molecule has 27 heavy (non-hydrogen) atoms. The van der Waals surface area contributed by atoms with Crippen molar-refractivity contribution in [2.24, 2.45) is 5.92 Å². The molecule has 4 rings (SSSR count). The predicted molar refractivity (Wildman–Crippen MR) is 102 cm³/mol. The Morgan fingerprint density at radius 2 is 1.93 bits per heavy atom. The number of piperidine rings is 1. The van der Waals surface area contributed by atoms with Crippen LogP contribution in [0.15, 0.2) is 36.4 Å². The molecule has 0 bridgehead atoms. The fraction of sp³-hybridized carbons (Fsp3) is 0.333. The van der Waals surface area contributed by atoms with Gasteiger partial charge < -0.3 is 14.4 Å². The van der Waals surface area contributed by atoms with Gasteiger partial charge in [0.05, 0.1) is 0 Å². The van der Waals surface area contributed by atoms with E-state index in [9.17, 15) is 9.59 Å². The molecule has 0 spiro atoms. The summed E-state index contributed by atoms with van der Waals surface area (Å²) in [6, 6.07) is 10.5. The van der Waals surface area contributed by atoms with Crippen molar-refractivity contribution < 1.29 is 19.1 Å². The summed E-state index contributed by atoms with van der Waals surface area (Å²) in [6.07, 6.45) is 1.59. The van der Waals surface area contributed by atoms with Gasteiger partial charge in [0.15, 0.2) is 17.3 Å². The summed E-state index contributed by atoms with van der Waals surface area (Å²) >= 11 is 6.00. The summed E-state index contributed by atoms with van der Waals surface area (Å²) in [5.41, 5.74) is 2.10. The summed E-state index contributed by atoms with van der Waals surface area (Å²) in [4.78, 5) is 27.6. The molecule has 2 aliphatic rings. The molecule has 1 amide bonds. The van der Waals surface area contributed by atoms with Crippen LogP contribution in [0.4, 0.5) is 0 Å². The number of aryl methyl sites for hydroxylation is 1. The van der Waals surface area contributed by atoms with Gasteiger partial charge in [-0.2, -0.15) is 0 Å². The van der Waals surface area contributed by atoms with Gasteiger partial charge in [-0.3, -0.25) is 9.59 Å². The zero-order valence-corrected chi connectivity index (χ0v) is 15.8. The Morgan fingerprint density at radius 3 is 2.74 bits per heavy atom. The first-order chi connectivity index (χ1) is 13.0. The van der Waals surface area contributed by atoms with E-state index >= 15 is 0 Å². The number of ketones is 1. The van der Waals surface area contributed by atoms with Crippen molar-refractivity contribution in [2.75, 3.05) is 19.9 Å². The summed E-state index contributed by atoms with van der Waals surface area (Å²) in [6.45, 7) is 3.13. The number of halogens is 1. The number of ether oxygens (including phenoxy) is 2. The zero-order valence-electron chi connectivity index (χ0n) is 15.0. The predicted octanol–water partition coefficient (Wildman–Crippen LogP) is 4.11. The molecule has 0 aliphatic carbocycles. The van der Waals surface area contributed by atoms with Crippen molar-refractivity contribution in [1.29, 1.82) is 0 Å². The fourth-order valence-electron chi connectivity index (χ4n) is 3.71. The lowest BCUT2D eigenvalue weighted by atomic mass is 9.88. The summed E-state index contributed by atoms with van der Waals surface area (Å²) in [7, 11) is 0. The van der Waals surface area contributed by atoms with Crippen molar-refractivity contribution >= 4 is 23.3 Å². The van der Waals surface area contributed by atoms with E-state index in [4.69, 9.17) is 21.1 Å². The van der Waals surface area contributed by atoms with E-state index in [2.05, 4.69) is 0 Å². The number of carbonyl (C=O) groups is 2. The highest BCUT2D eigenvalue weighted by molar-refractivity contribution is 6.30. The molecule has 0 radical (unpaired) electrons. The summed E-state index contributed by atoms with van der Waals surface area (Å²) in [5.74, 6) is 1.03. The Labute approximate surface area is 162 Å². The fourth-order valence-corrected chi connectivity index (χ4v) is 3.94. The van der Waals surface area contributed by atoms with Crippen LogP contribution in [0.2, 0.25) is 5.02 Å². The highest BCUT2D eigenvalue weighted by Crippen LogP contribution is 2.33. The minimum absolute atomic E-state index is 0.0763. The Hall–Kier alpha value is -2.53. The van der Waals surface area contributed by atoms with Crippen LogP contribution in [0, 0.1) is 12.8 Å². The first kappa shape index (κ1) is 17.9. The molecule has 0 saturated carbocycles. The molecule has 1 fully saturated rings. The number of hydrogen-bond donors (Lipinski definition) is 0. The number of hydrogen-bond acceptors (Lipinski definition) is 4. The topological polar surface area (TPSA) is 55.8 Å². The van der Waals surface area contributed by atoms with Crippen LogP contribution in [0.5, 0.6) is 11.5 Å². The van der Waals surface area contributed by atoms with Crippen molar-refractivity contribution in [3.63, 3.8) is 0 Å². The largest absolute Gasteiger partial charge is 0.454 e. The monoisotopic (exact) mass is 385 g/mol. The van der Waals surface area contributed by atoms with Crippen molar-refractivity contribution in [2.45, 2.75) is 19.8 Å². The third-order valence-corrected chi connectivity index (χ3v) is 5.39. The van der Waals surface area contributed by atoms with Crippen molar-refractivity contribution in [3.05, 3.63) is 58.1 Å². The van der Waals surface area contributed by atoms with Crippen LogP contribution in [0.1, 0.15) is 39.1 Å². The van der Waals surface area contributed by atoms with E-state index in [-0.39, 0.29) is 24.4 Å². The lowest BCUT2D eigenvalue weighted by Gasteiger charge is -2.32. The molecule has 2 aromatic rings. The average molecular weight is 386 g/mol. The molecular formula is C21H20ClNO4. The normalized spacial score (nSPS) is 18.4. The number of nitrogens with zero attached hydrogens (tertiary/aromatic N) is 1. The number of carbonyl (C=O) groups excluding carboxylic acids is 2. The second kappa shape index (κ2) is 7.24. The van der Waals surface area contributed by atoms with E-state index in [0.717, 1.165) is 18.4 Å². The van der Waals surface area contributed by atoms with Gasteiger partial charge in [-0.05, 0) is 61.7 Å². The second-order valence-corrected chi connectivity index (χ2v) is 7.42. The Morgan fingerprint density at radius 1 is 1.11 bits per heavy atom. The Kier molecular flexibility index (Phi) is 4.79. The maximum Gasteiger partial charge on any atom is 0.254 e. The SMILES string of the molecule is Cc1cc(Cl)ccc1C(=O)[C@H]1CCCN(C(=O)c2ccc3c(c2)OCO3)C1. The van der Waals surface area contributed by atoms with E-state index in [1.165, 1.54) is 0 Å². The molecule has 1 saturated heterocycles. The van der Waals surface area contributed by atoms with Gasteiger partial charge in [-0.1, -0.05) is 11.6 Å². The zero-order chi connectivity index (χ0) is 19.0. The van der Waals surface area contributed by atoms with Crippen LogP contribution >= 0.6 is 11.6 Å². The van der Waals surface area contributed by atoms with Crippen LogP contribution in [0.3, 0.4) is 0 Å². The molecule has 2 aliphatic heterocycles. The molecule has 5 nitrogen and oxygen atoms in total. The molecule has 1 atom stereocenters. The first-order valence-corrected chi connectivity index (χ1v) is 9.40. The molecule has 140 valence electrons. The number of likely N-dealkylation sites (tertiary alicyclic amines) is 1. The number of benzene rings is 2. The molecule has 6 heteroatoms. The van der Waals surface area contributed by atoms with Crippen molar-refractivity contribution in [3.8, 4) is 11.5 Å². The smallest absolute Gasteiger partial charge is 0.254 e. The van der Waals surface area contributed by atoms with Gasteiger partial charge in [-0.25, -0.2) is 0 Å². The standard InChI is InChI=1S/C21H20ClNO4/c1-13-9-16(22)5-6-17(13)20(24)15-3-2-8-23(11-15)21(25)14-4-7-18-19(10-14)27-12-26-18/h4-7,9-10,15H,2-3,8,11-12H2,1H3/t15-/m0/s1. The van der Waals surface area contributed by atoms with Crippen LogP contribution < -0.4 is 9.47 Å². The third kappa shape index (κ3) is 3.52. The quantitative estimate of drug-likeness (QED) is 0.746. The number of rotatable bonds is 3. The van der Waals surface area contributed by atoms with Gasteiger partial charge >= 0.3 is 0 Å². The maximum atomic E-state index is 13.0. The van der Waals surface area contributed by atoms with E-state index in [1.54, 1.807) is 41.3 Å². The molecule has 2 aromatic carbocycles. The van der Waals surface area contributed by atoms with Gasteiger partial charge in [0.2, 0.25) is 6.79 Å². The van der Waals surface area contributed by atoms with E-state index < -0.39 is 0 Å². The molecule has 0 N–H and O–H groups in total. The lowest BCUT2D eigenvalue weighted by molar-refractivity contribution is 0.0636. The van der Waals surface area contributed by atoms with Crippen LogP contribution in [0.25, 0.3) is 0 Å². The number of Topliss-reactive ketones (excluding diaryl/α,β-unsaturated/α-hetero) is 1. The minimum atomic E-state index is -0.198. The summed E-state index contributed by atoms with van der Waals surface area (Å²) < 4.78 is 10.7. The van der Waals surface area contributed by atoms with Crippen molar-refractivity contribution in [1.82, 2.24) is 4.90 Å². The average Bonchev–Trinajstić information content (AvgIpc) is 3.15. The number of amides is 1. The van der Waals surface area contributed by atoms with E-state index in [0.29, 0.717) is 40.7 Å². The molecule has 0 aromatic heterocycles. The van der Waals surface area contributed by atoms with E-state index in [1.807, 2.05) is 6.92 Å². The van der Waals surface area contributed by atoms with Gasteiger partial charge in [0, 0.05) is 35.2 Å². The molecule has 0 unspecified atom stereocenters. The number of fused-ring (bicyclic) bond motifs is 1. The lowest BCUT2D eigenvalue weighted by Crippen LogP contribution is -2.42. The molecular weight excluding hydrogens is 366 g/mol. The highest BCUT2D eigenvalue weighted by atomic mass is 35.5. The van der Waals surface area contributed by atoms with Gasteiger partial charge in [0.1, 0.15) is 0 Å². The van der Waals surface area contributed by atoms with Crippen LogP contribution in [-0.2, 0) is 0 Å². The van der Waals surface area contributed by atoms with Gasteiger partial charge in [0.25, 0.3) is 5.91 Å². The highest BCUT2D eigenvalue weighted by Gasteiger charge is 2.30. The Balaban J connectivity index is 1.50. The molecule has 2 heterocycles. The van der Waals surface area contributed by atoms with Gasteiger partial charge in [-0.15, -0.1) is 0 Å². The third-order valence-electron chi connectivity index (χ3n) is 5.15. The Bertz CT molecular complexity index is 911. The second-order valence-electron chi connectivity index (χ2n) is 6.98. The maximum absolute atomic E-state index is 13.0. The first-order valence-electron chi connectivity index (χ1n) is 9.02. The minimum Gasteiger partial charge on any atom is -0.454 e. The van der Waals surface area contributed by atoms with Crippen LogP contribution in [-0.4, -0.2) is 36.5 Å².